The summed E-state index contributed by atoms with van der Waals surface area (Å²) < 4.78 is 26.6. The maximum absolute atomic E-state index is 14.7. The van der Waals surface area contributed by atoms with E-state index in [9.17, 15) is 4.39 Å². The molecule has 10 heteroatoms. The van der Waals surface area contributed by atoms with Gasteiger partial charge < -0.3 is 19.4 Å². The van der Waals surface area contributed by atoms with Gasteiger partial charge in [-0.1, -0.05) is 6.07 Å². The van der Waals surface area contributed by atoms with Crippen molar-refractivity contribution in [2.75, 3.05) is 53.5 Å². The van der Waals surface area contributed by atoms with Crippen molar-refractivity contribution < 1.29 is 13.9 Å². The van der Waals surface area contributed by atoms with Gasteiger partial charge in [0.25, 0.3) is 0 Å². The highest BCUT2D eigenvalue weighted by Gasteiger charge is 2.16. The Hall–Kier alpha value is -4.80. The van der Waals surface area contributed by atoms with Gasteiger partial charge in [0.2, 0.25) is 0 Å². The van der Waals surface area contributed by atoms with Gasteiger partial charge in [0.05, 0.1) is 29.1 Å². The number of fused-ring (bicyclic) bond motifs is 2. The van der Waals surface area contributed by atoms with Crippen LogP contribution in [0.3, 0.4) is 0 Å². The topological polar surface area (TPSA) is 95.2 Å². The SMILES string of the molecule is CN(C)CCOc1cc(F)cc(-c2cncc3[nH]c(-c4n[nH]c5ccc(-c6cncc(OCCN7CCCC7)c6)cc45)cc23)c1. The van der Waals surface area contributed by atoms with E-state index in [4.69, 9.17) is 9.47 Å². The van der Waals surface area contributed by atoms with Crippen LogP contribution in [0.15, 0.2) is 73.3 Å². The van der Waals surface area contributed by atoms with E-state index in [1.807, 2.05) is 49.5 Å². The number of hydrogen-bond acceptors (Lipinski definition) is 7. The minimum absolute atomic E-state index is 0.360. The van der Waals surface area contributed by atoms with Gasteiger partial charge in [0.1, 0.15) is 36.2 Å². The number of likely N-dealkylation sites (N-methyl/N-ethyl adjacent to an activating group) is 1. The number of hydrogen-bond donors (Lipinski definition) is 2. The summed E-state index contributed by atoms with van der Waals surface area (Å²) in [6.07, 6.45) is 9.69. The first-order chi connectivity index (χ1) is 22.0. The molecular formula is C35H36FN7O2. The second-order valence-corrected chi connectivity index (χ2v) is 11.8. The summed E-state index contributed by atoms with van der Waals surface area (Å²) >= 11 is 0. The molecule has 7 rings (SSSR count). The Balaban J connectivity index is 1.17. The molecule has 1 aliphatic rings. The number of halogens is 1. The molecule has 0 unspecified atom stereocenters. The van der Waals surface area contributed by atoms with Gasteiger partial charge in [-0.3, -0.25) is 20.0 Å². The van der Waals surface area contributed by atoms with Crippen molar-refractivity contribution in [2.45, 2.75) is 12.8 Å². The number of ether oxygens (including phenoxy) is 2. The number of pyridine rings is 2. The van der Waals surface area contributed by atoms with Gasteiger partial charge in [-0.05, 0) is 87.6 Å². The van der Waals surface area contributed by atoms with Crippen molar-refractivity contribution in [1.29, 1.82) is 0 Å². The van der Waals surface area contributed by atoms with Crippen molar-refractivity contribution in [3.63, 3.8) is 0 Å². The van der Waals surface area contributed by atoms with E-state index >= 15 is 0 Å². The molecule has 0 saturated carbocycles. The summed E-state index contributed by atoms with van der Waals surface area (Å²) in [7, 11) is 3.95. The summed E-state index contributed by atoms with van der Waals surface area (Å²) in [4.78, 5) is 16.8. The average Bonchev–Trinajstić information content (AvgIpc) is 3.80. The molecule has 6 aromatic rings. The number of aromatic nitrogens is 5. The van der Waals surface area contributed by atoms with Crippen LogP contribution in [0.1, 0.15) is 12.8 Å². The fraction of sp³-hybridized carbons (Fsp3) is 0.286. The summed E-state index contributed by atoms with van der Waals surface area (Å²) in [5.41, 5.74) is 6.86. The lowest BCUT2D eigenvalue weighted by atomic mass is 10.0. The van der Waals surface area contributed by atoms with Crippen molar-refractivity contribution in [3.8, 4) is 45.1 Å². The first-order valence-corrected chi connectivity index (χ1v) is 15.3. The standard InChI is InChI=1S/C35H36FN7O2/c1-42(2)9-11-44-27-14-24(13-26(36)17-27)31-21-38-22-34-29(31)18-33(39-34)35-30-16-23(5-6-32(30)40-41-35)25-15-28(20-37-19-25)45-12-10-43-7-3-4-8-43/h5-6,13-22,39H,3-4,7-12H2,1-2H3,(H,40,41). The molecule has 0 amide bonds. The summed E-state index contributed by atoms with van der Waals surface area (Å²) in [6.45, 7) is 5.09. The average molecular weight is 606 g/mol. The first kappa shape index (κ1) is 28.9. The molecule has 45 heavy (non-hydrogen) atoms. The fourth-order valence-electron chi connectivity index (χ4n) is 5.91. The van der Waals surface area contributed by atoms with Gasteiger partial charge >= 0.3 is 0 Å². The van der Waals surface area contributed by atoms with Gasteiger partial charge in [0, 0.05) is 53.4 Å². The molecule has 0 spiro atoms. The van der Waals surface area contributed by atoms with E-state index in [2.05, 4.69) is 42.2 Å². The summed E-state index contributed by atoms with van der Waals surface area (Å²) in [5, 5.41) is 9.71. The van der Waals surface area contributed by atoms with Crippen LogP contribution in [0.2, 0.25) is 0 Å². The van der Waals surface area contributed by atoms with Gasteiger partial charge in [-0.2, -0.15) is 5.10 Å². The lowest BCUT2D eigenvalue weighted by Gasteiger charge is -2.15. The van der Waals surface area contributed by atoms with Crippen LogP contribution >= 0.6 is 0 Å². The zero-order valence-corrected chi connectivity index (χ0v) is 25.5. The normalized spacial score (nSPS) is 13.8. The number of H-pyrrole nitrogens is 2. The maximum Gasteiger partial charge on any atom is 0.138 e. The van der Waals surface area contributed by atoms with Crippen molar-refractivity contribution in [3.05, 3.63) is 79.1 Å². The zero-order chi connectivity index (χ0) is 30.8. The van der Waals surface area contributed by atoms with Crippen LogP contribution in [-0.4, -0.2) is 88.4 Å². The molecule has 4 aromatic heterocycles. The van der Waals surface area contributed by atoms with E-state index in [-0.39, 0.29) is 5.82 Å². The molecule has 9 nitrogen and oxygen atoms in total. The van der Waals surface area contributed by atoms with Crippen LogP contribution in [-0.2, 0) is 0 Å². The number of benzene rings is 2. The van der Waals surface area contributed by atoms with Crippen molar-refractivity contribution >= 4 is 21.8 Å². The molecule has 5 heterocycles. The van der Waals surface area contributed by atoms with Crippen LogP contribution in [0, 0.1) is 5.82 Å². The molecule has 0 radical (unpaired) electrons. The third-order valence-corrected chi connectivity index (χ3v) is 8.27. The number of rotatable bonds is 11. The van der Waals surface area contributed by atoms with E-state index in [1.165, 1.54) is 25.0 Å². The second-order valence-electron chi connectivity index (χ2n) is 11.8. The second kappa shape index (κ2) is 12.7. The molecule has 0 atom stereocenters. The van der Waals surface area contributed by atoms with E-state index in [1.54, 1.807) is 18.6 Å². The Morgan fingerprint density at radius 3 is 2.49 bits per heavy atom. The van der Waals surface area contributed by atoms with E-state index in [0.29, 0.717) is 24.5 Å². The summed E-state index contributed by atoms with van der Waals surface area (Å²) in [5.74, 6) is 0.890. The molecule has 2 N–H and O–H groups in total. The molecule has 1 aliphatic heterocycles. The Labute approximate surface area is 261 Å². The lowest BCUT2D eigenvalue weighted by molar-refractivity contribution is 0.237. The Kier molecular flexibility index (Phi) is 8.15. The Morgan fingerprint density at radius 1 is 0.800 bits per heavy atom. The highest BCUT2D eigenvalue weighted by Crippen LogP contribution is 2.36. The zero-order valence-electron chi connectivity index (χ0n) is 25.5. The maximum atomic E-state index is 14.7. The van der Waals surface area contributed by atoms with E-state index in [0.717, 1.165) is 81.8 Å². The molecular weight excluding hydrogens is 569 g/mol. The minimum Gasteiger partial charge on any atom is -0.492 e. The smallest absolute Gasteiger partial charge is 0.138 e. The molecule has 2 aromatic carbocycles. The fourth-order valence-corrected chi connectivity index (χ4v) is 5.91. The van der Waals surface area contributed by atoms with Crippen molar-refractivity contribution in [1.82, 2.24) is 34.9 Å². The highest BCUT2D eigenvalue weighted by molar-refractivity contribution is 6.01. The van der Waals surface area contributed by atoms with Crippen LogP contribution in [0.5, 0.6) is 11.5 Å². The summed E-state index contributed by atoms with van der Waals surface area (Å²) in [6, 6.07) is 15.1. The van der Waals surface area contributed by atoms with Crippen molar-refractivity contribution in [2.24, 2.45) is 0 Å². The van der Waals surface area contributed by atoms with Crippen LogP contribution in [0.25, 0.3) is 55.4 Å². The predicted molar refractivity (Wildman–Crippen MR) is 175 cm³/mol. The third-order valence-electron chi connectivity index (χ3n) is 8.27. The first-order valence-electron chi connectivity index (χ1n) is 15.3. The third kappa shape index (κ3) is 6.38. The number of aromatic amines is 2. The molecule has 230 valence electrons. The molecule has 1 saturated heterocycles. The van der Waals surface area contributed by atoms with Gasteiger partial charge in [0.15, 0.2) is 0 Å². The quantitative estimate of drug-likeness (QED) is 0.177. The largest absolute Gasteiger partial charge is 0.492 e. The molecule has 0 bridgehead atoms. The monoisotopic (exact) mass is 605 g/mol. The minimum atomic E-state index is -0.360. The Bertz CT molecular complexity index is 1940. The number of nitrogens with one attached hydrogen (secondary N) is 2. The number of likely N-dealkylation sites (tertiary alicyclic amines) is 1. The predicted octanol–water partition coefficient (Wildman–Crippen LogP) is 6.39. The molecule has 0 aliphatic carbocycles. The Morgan fingerprint density at radius 2 is 1.62 bits per heavy atom. The van der Waals surface area contributed by atoms with Gasteiger partial charge in [-0.15, -0.1) is 0 Å². The van der Waals surface area contributed by atoms with Gasteiger partial charge in [-0.25, -0.2) is 4.39 Å². The highest BCUT2D eigenvalue weighted by atomic mass is 19.1. The molecule has 1 fully saturated rings. The lowest BCUT2D eigenvalue weighted by Crippen LogP contribution is -2.25. The van der Waals surface area contributed by atoms with E-state index < -0.39 is 0 Å². The van der Waals surface area contributed by atoms with Crippen LogP contribution < -0.4 is 9.47 Å². The number of nitrogens with zero attached hydrogens (tertiary/aromatic N) is 5. The van der Waals surface area contributed by atoms with Crippen LogP contribution in [0.4, 0.5) is 4.39 Å².